The minimum absolute atomic E-state index is 0.560. The van der Waals surface area contributed by atoms with Crippen molar-refractivity contribution in [2.75, 3.05) is 0 Å². The first-order chi connectivity index (χ1) is 36.7. The van der Waals surface area contributed by atoms with Crippen molar-refractivity contribution in [2.45, 2.75) is 0 Å². The Bertz CT molecular complexity index is 3990. The predicted octanol–water partition coefficient (Wildman–Crippen LogP) is 14.7. The van der Waals surface area contributed by atoms with Crippen LogP contribution in [0.25, 0.3) is 135 Å². The highest BCUT2D eigenvalue weighted by molar-refractivity contribution is 6.12. The number of fused-ring (bicyclic) bond motifs is 6. The van der Waals surface area contributed by atoms with Crippen molar-refractivity contribution in [1.29, 1.82) is 0 Å². The molecule has 346 valence electrons. The predicted molar refractivity (Wildman–Crippen MR) is 296 cm³/mol. The molecule has 0 amide bonds. The van der Waals surface area contributed by atoms with Gasteiger partial charge in [0.2, 0.25) is 0 Å². The fourth-order valence-electron chi connectivity index (χ4n) is 9.98. The molecule has 6 aromatic heterocycles. The summed E-state index contributed by atoms with van der Waals surface area (Å²) in [6, 6.07) is 78.7. The van der Waals surface area contributed by atoms with Gasteiger partial charge in [-0.3, -0.25) is 9.13 Å². The number of pyridine rings is 2. The number of benzene rings is 8. The Kier molecular flexibility index (Phi) is 10.2. The van der Waals surface area contributed by atoms with Gasteiger partial charge in [0.25, 0.3) is 0 Å². The highest BCUT2D eigenvalue weighted by Crippen LogP contribution is 2.39. The van der Waals surface area contributed by atoms with E-state index in [9.17, 15) is 0 Å². The zero-order valence-electron chi connectivity index (χ0n) is 39.6. The SMILES string of the molecule is c1ccc(-c2nc(-c3ccccc3)nc(-c3ccc(-n4c5ccccc5c5cc(-c6ccc7c(c6)c6ccccc6n7-c6ccc(-c7nc(-c8ccccc8)nc(-c8ccccc8)n7)cn6)ccc54)nc3)n2)cc1. The Balaban J connectivity index is 0.814. The van der Waals surface area contributed by atoms with Crippen LogP contribution >= 0.6 is 0 Å². The second-order valence-electron chi connectivity index (χ2n) is 18.1. The summed E-state index contributed by atoms with van der Waals surface area (Å²) in [5.74, 6) is 5.15. The third-order valence-corrected chi connectivity index (χ3v) is 13.5. The van der Waals surface area contributed by atoms with E-state index < -0.39 is 0 Å². The lowest BCUT2D eigenvalue weighted by atomic mass is 10.0. The molecule has 10 nitrogen and oxygen atoms in total. The van der Waals surface area contributed by atoms with Gasteiger partial charge in [-0.15, -0.1) is 0 Å². The van der Waals surface area contributed by atoms with Crippen LogP contribution in [0.2, 0.25) is 0 Å². The third-order valence-electron chi connectivity index (χ3n) is 13.5. The van der Waals surface area contributed by atoms with Crippen molar-refractivity contribution in [3.63, 3.8) is 0 Å². The van der Waals surface area contributed by atoms with Gasteiger partial charge >= 0.3 is 0 Å². The maximum Gasteiger partial charge on any atom is 0.165 e. The quantitative estimate of drug-likeness (QED) is 0.141. The highest BCUT2D eigenvalue weighted by atomic mass is 15.1. The normalized spacial score (nSPS) is 11.5. The van der Waals surface area contributed by atoms with Crippen LogP contribution in [0.4, 0.5) is 0 Å². The first kappa shape index (κ1) is 42.5. The van der Waals surface area contributed by atoms with E-state index in [1.807, 2.05) is 158 Å². The number of hydrogen-bond acceptors (Lipinski definition) is 8. The molecule has 0 atom stereocenters. The van der Waals surface area contributed by atoms with Gasteiger partial charge in [0.05, 0.1) is 22.1 Å². The molecule has 14 rings (SSSR count). The van der Waals surface area contributed by atoms with Gasteiger partial charge in [0, 0.05) is 67.3 Å². The summed E-state index contributed by atoms with van der Waals surface area (Å²) in [6.45, 7) is 0. The number of para-hydroxylation sites is 2. The van der Waals surface area contributed by atoms with Gasteiger partial charge in [-0.05, 0) is 71.8 Å². The van der Waals surface area contributed by atoms with Gasteiger partial charge in [-0.25, -0.2) is 39.9 Å². The van der Waals surface area contributed by atoms with Crippen molar-refractivity contribution in [2.24, 2.45) is 0 Å². The molecule has 0 N–H and O–H groups in total. The molecule has 0 fully saturated rings. The monoisotopic (exact) mass is 948 g/mol. The largest absolute Gasteiger partial charge is 0.294 e. The Morgan fingerprint density at radius 1 is 0.216 bits per heavy atom. The Morgan fingerprint density at radius 3 is 0.824 bits per heavy atom. The molecule has 0 saturated carbocycles. The van der Waals surface area contributed by atoms with Crippen LogP contribution in [-0.4, -0.2) is 49.0 Å². The van der Waals surface area contributed by atoms with Crippen molar-refractivity contribution in [3.8, 4) is 91.1 Å². The van der Waals surface area contributed by atoms with E-state index in [0.717, 1.165) is 99.8 Å². The summed E-state index contributed by atoms with van der Waals surface area (Å²) in [5.41, 5.74) is 11.8. The van der Waals surface area contributed by atoms with Crippen molar-refractivity contribution < 1.29 is 0 Å². The second-order valence-corrected chi connectivity index (χ2v) is 18.1. The van der Waals surface area contributed by atoms with Gasteiger partial charge in [-0.2, -0.15) is 0 Å². The lowest BCUT2D eigenvalue weighted by Crippen LogP contribution is -2.01. The highest BCUT2D eigenvalue weighted by Gasteiger charge is 2.19. The summed E-state index contributed by atoms with van der Waals surface area (Å²) in [6.07, 6.45) is 3.72. The van der Waals surface area contributed by atoms with Gasteiger partial charge < -0.3 is 0 Å². The minimum Gasteiger partial charge on any atom is -0.294 e. The van der Waals surface area contributed by atoms with E-state index >= 15 is 0 Å². The van der Waals surface area contributed by atoms with Crippen LogP contribution in [0.5, 0.6) is 0 Å². The Morgan fingerprint density at radius 2 is 0.500 bits per heavy atom. The fraction of sp³-hybridized carbons (Fsp3) is 0. The van der Waals surface area contributed by atoms with Crippen molar-refractivity contribution in [3.05, 3.63) is 243 Å². The van der Waals surface area contributed by atoms with Crippen LogP contribution in [0, 0.1) is 0 Å². The average Bonchev–Trinajstić information content (AvgIpc) is 4.02. The number of hydrogen-bond donors (Lipinski definition) is 0. The van der Waals surface area contributed by atoms with Crippen LogP contribution in [-0.2, 0) is 0 Å². The Hall–Kier alpha value is -10.3. The maximum atomic E-state index is 5.07. The molecule has 8 aromatic carbocycles. The lowest BCUT2D eigenvalue weighted by Gasteiger charge is -2.10. The molecule has 6 heterocycles. The standard InChI is InChI=1S/C64H40N10/c1-5-17-41(18-6-1)59-67-60(42-19-7-2-8-20-42)70-63(69-59)47-31-35-57(65-39-47)73-53-27-15-13-25-49(53)51-37-45(29-33-55(51)73)46-30-34-56-52(38-46)50-26-14-16-28-54(50)74(56)58-36-32-48(40-66-58)64-71-61(43-21-9-3-10-22-43)68-62(72-64)44-23-11-4-12-24-44/h1-40H. The zero-order valence-corrected chi connectivity index (χ0v) is 39.6. The van der Waals surface area contributed by atoms with Crippen LogP contribution in [0.3, 0.4) is 0 Å². The van der Waals surface area contributed by atoms with Gasteiger partial charge in [-0.1, -0.05) is 170 Å². The third kappa shape index (κ3) is 7.53. The first-order valence-corrected chi connectivity index (χ1v) is 24.4. The summed E-state index contributed by atoms with van der Waals surface area (Å²) in [5, 5.41) is 4.56. The van der Waals surface area contributed by atoms with Crippen LogP contribution in [0.15, 0.2) is 243 Å². The van der Waals surface area contributed by atoms with Gasteiger partial charge in [0.15, 0.2) is 34.9 Å². The molecule has 0 aliphatic rings. The van der Waals surface area contributed by atoms with E-state index in [1.54, 1.807) is 0 Å². The zero-order chi connectivity index (χ0) is 49.0. The van der Waals surface area contributed by atoms with E-state index in [4.69, 9.17) is 39.9 Å². The molecule has 0 unspecified atom stereocenters. The summed E-state index contributed by atoms with van der Waals surface area (Å²) in [4.78, 5) is 39.6. The molecule has 0 aliphatic heterocycles. The molecule has 0 saturated heterocycles. The van der Waals surface area contributed by atoms with Gasteiger partial charge in [0.1, 0.15) is 11.6 Å². The summed E-state index contributed by atoms with van der Waals surface area (Å²) < 4.78 is 4.47. The first-order valence-electron chi connectivity index (χ1n) is 24.4. The second kappa shape index (κ2) is 17.8. The van der Waals surface area contributed by atoms with Crippen LogP contribution in [0.1, 0.15) is 0 Å². The summed E-state index contributed by atoms with van der Waals surface area (Å²) >= 11 is 0. The summed E-state index contributed by atoms with van der Waals surface area (Å²) in [7, 11) is 0. The molecule has 10 heteroatoms. The van der Waals surface area contributed by atoms with Crippen molar-refractivity contribution >= 4 is 43.6 Å². The van der Waals surface area contributed by atoms with Crippen LogP contribution < -0.4 is 0 Å². The molecule has 0 spiro atoms. The van der Waals surface area contributed by atoms with Crippen molar-refractivity contribution in [1.82, 2.24) is 49.0 Å². The molecule has 0 bridgehead atoms. The lowest BCUT2D eigenvalue weighted by molar-refractivity contribution is 1.05. The maximum absolute atomic E-state index is 5.07. The molecule has 0 aliphatic carbocycles. The number of aromatic nitrogens is 10. The molecule has 0 radical (unpaired) electrons. The molecular weight excluding hydrogens is 909 g/mol. The van der Waals surface area contributed by atoms with E-state index in [1.165, 1.54) is 0 Å². The van der Waals surface area contributed by atoms with E-state index in [0.29, 0.717) is 34.9 Å². The molecular formula is C64H40N10. The van der Waals surface area contributed by atoms with E-state index in [2.05, 4.69) is 94.1 Å². The molecule has 14 aromatic rings. The fourth-order valence-corrected chi connectivity index (χ4v) is 9.98. The topological polar surface area (TPSA) is 113 Å². The number of nitrogens with zero attached hydrogens (tertiary/aromatic N) is 10. The molecule has 74 heavy (non-hydrogen) atoms. The average molecular weight is 949 g/mol. The smallest absolute Gasteiger partial charge is 0.165 e. The number of rotatable bonds is 9. The van der Waals surface area contributed by atoms with E-state index in [-0.39, 0.29) is 0 Å². The minimum atomic E-state index is 0.560. The Labute approximate surface area is 424 Å².